The van der Waals surface area contributed by atoms with Crippen LogP contribution in [0.2, 0.25) is 0 Å². The van der Waals surface area contributed by atoms with E-state index in [4.69, 9.17) is 4.52 Å². The van der Waals surface area contributed by atoms with Crippen LogP contribution >= 0.6 is 0 Å². The maximum atomic E-state index is 12.6. The summed E-state index contributed by atoms with van der Waals surface area (Å²) in [6, 6.07) is 10.8. The second kappa shape index (κ2) is 7.55. The number of carbonyl (C=O) groups is 1. The number of rotatable bonds is 5. The number of hydrogen-bond acceptors (Lipinski definition) is 4. The number of allylic oxidation sites excluding steroid dienone is 1. The molecule has 0 spiro atoms. The molecule has 5 heteroatoms. The molecule has 2 fully saturated rings. The van der Waals surface area contributed by atoms with Gasteiger partial charge >= 0.3 is 0 Å². The van der Waals surface area contributed by atoms with Gasteiger partial charge in [-0.25, -0.2) is 0 Å². The first kappa shape index (κ1) is 17.7. The zero-order chi connectivity index (χ0) is 18.9. The van der Waals surface area contributed by atoms with Crippen LogP contribution in [0, 0.1) is 11.8 Å². The fraction of sp³-hybridized carbons (Fsp3) is 0.478. The van der Waals surface area contributed by atoms with Crippen molar-refractivity contribution >= 4 is 11.5 Å². The Balaban J connectivity index is 1.22. The van der Waals surface area contributed by atoms with Gasteiger partial charge in [0.15, 0.2) is 0 Å². The molecule has 0 N–H and O–H groups in total. The van der Waals surface area contributed by atoms with E-state index in [1.54, 1.807) is 6.07 Å². The van der Waals surface area contributed by atoms with Gasteiger partial charge in [-0.15, -0.1) is 0 Å². The normalized spacial score (nSPS) is 24.6. The van der Waals surface area contributed by atoms with Crippen molar-refractivity contribution < 1.29 is 9.32 Å². The highest BCUT2D eigenvalue weighted by molar-refractivity contribution is 5.92. The van der Waals surface area contributed by atoms with E-state index in [2.05, 4.69) is 40.4 Å². The summed E-state index contributed by atoms with van der Waals surface area (Å²) < 4.78 is 5.06. The third-order valence-electron chi connectivity index (χ3n) is 6.62. The summed E-state index contributed by atoms with van der Waals surface area (Å²) >= 11 is 0. The average molecular weight is 377 g/mol. The Morgan fingerprint density at radius 3 is 2.68 bits per heavy atom. The molecule has 2 unspecified atom stereocenters. The van der Waals surface area contributed by atoms with Crippen LogP contribution in [-0.2, 0) is 6.42 Å². The zero-order valence-corrected chi connectivity index (χ0v) is 16.2. The summed E-state index contributed by atoms with van der Waals surface area (Å²) in [7, 11) is 0. The van der Waals surface area contributed by atoms with Crippen LogP contribution in [0.4, 0.5) is 0 Å². The quantitative estimate of drug-likeness (QED) is 0.800. The zero-order valence-electron chi connectivity index (χ0n) is 16.2. The monoisotopic (exact) mass is 377 g/mol. The van der Waals surface area contributed by atoms with Crippen molar-refractivity contribution in [2.45, 2.75) is 25.7 Å². The van der Waals surface area contributed by atoms with Crippen LogP contribution in [0.25, 0.3) is 5.57 Å². The Morgan fingerprint density at radius 1 is 1.11 bits per heavy atom. The second-order valence-electron chi connectivity index (χ2n) is 8.34. The molecule has 28 heavy (non-hydrogen) atoms. The Morgan fingerprint density at radius 2 is 1.93 bits per heavy atom. The number of aromatic nitrogens is 1. The molecule has 2 saturated heterocycles. The molecule has 2 aliphatic heterocycles. The molecule has 146 valence electrons. The van der Waals surface area contributed by atoms with E-state index >= 15 is 0 Å². The van der Waals surface area contributed by atoms with Gasteiger partial charge in [-0.1, -0.05) is 35.5 Å². The minimum absolute atomic E-state index is 0.0384. The smallest absolute Gasteiger partial charge is 0.292 e. The number of likely N-dealkylation sites (tertiary alicyclic amines) is 2. The summed E-state index contributed by atoms with van der Waals surface area (Å²) in [5.41, 5.74) is 4.13. The minimum Gasteiger partial charge on any atom is -0.351 e. The summed E-state index contributed by atoms with van der Waals surface area (Å²) in [4.78, 5) is 17.1. The molecular formula is C23H27N3O2. The molecule has 0 saturated carbocycles. The lowest BCUT2D eigenvalue weighted by Crippen LogP contribution is -2.29. The van der Waals surface area contributed by atoms with Crippen LogP contribution in [0.15, 0.2) is 47.1 Å². The number of amides is 1. The van der Waals surface area contributed by atoms with Crippen LogP contribution < -0.4 is 0 Å². The molecule has 0 radical (unpaired) electrons. The van der Waals surface area contributed by atoms with Crippen molar-refractivity contribution in [1.82, 2.24) is 15.0 Å². The fourth-order valence-electron chi connectivity index (χ4n) is 5.03. The second-order valence-corrected chi connectivity index (χ2v) is 8.34. The first-order valence-corrected chi connectivity index (χ1v) is 10.5. The highest BCUT2D eigenvalue weighted by Crippen LogP contribution is 2.43. The Labute approximate surface area is 166 Å². The highest BCUT2D eigenvalue weighted by Gasteiger charge is 2.41. The molecule has 5 rings (SSSR count). The van der Waals surface area contributed by atoms with Crippen molar-refractivity contribution in [3.63, 3.8) is 0 Å². The summed E-state index contributed by atoms with van der Waals surface area (Å²) in [6.07, 6.45) is 8.80. The molecule has 2 aromatic rings. The van der Waals surface area contributed by atoms with E-state index < -0.39 is 0 Å². The first-order valence-electron chi connectivity index (χ1n) is 10.5. The van der Waals surface area contributed by atoms with Crippen molar-refractivity contribution in [2.75, 3.05) is 32.7 Å². The maximum Gasteiger partial charge on any atom is 0.292 e. The lowest BCUT2D eigenvalue weighted by Gasteiger charge is -2.17. The Kier molecular flexibility index (Phi) is 4.77. The first-order chi connectivity index (χ1) is 13.8. The molecule has 0 bridgehead atoms. The van der Waals surface area contributed by atoms with Gasteiger partial charge in [0.2, 0.25) is 5.76 Å². The molecule has 1 aliphatic carbocycles. The van der Waals surface area contributed by atoms with Crippen LogP contribution in [0.3, 0.4) is 0 Å². The number of benzene rings is 1. The molecule has 5 nitrogen and oxygen atoms in total. The fourth-order valence-corrected chi connectivity index (χ4v) is 5.03. The van der Waals surface area contributed by atoms with E-state index in [0.717, 1.165) is 25.9 Å². The predicted octanol–water partition coefficient (Wildman–Crippen LogP) is 3.49. The van der Waals surface area contributed by atoms with Crippen LogP contribution in [-0.4, -0.2) is 53.6 Å². The van der Waals surface area contributed by atoms with Gasteiger partial charge in [-0.05, 0) is 61.4 Å². The van der Waals surface area contributed by atoms with Gasteiger partial charge in [-0.3, -0.25) is 4.79 Å². The number of carbonyl (C=O) groups excluding carboxylic acids is 1. The Hall–Kier alpha value is -2.40. The minimum atomic E-state index is -0.0384. The summed E-state index contributed by atoms with van der Waals surface area (Å²) in [5, 5.41) is 3.66. The van der Waals surface area contributed by atoms with Gasteiger partial charge in [0.1, 0.15) is 0 Å². The molecule has 3 aliphatic rings. The van der Waals surface area contributed by atoms with Crippen molar-refractivity contribution in [2.24, 2.45) is 11.8 Å². The van der Waals surface area contributed by atoms with Gasteiger partial charge < -0.3 is 14.3 Å². The van der Waals surface area contributed by atoms with E-state index in [1.807, 2.05) is 4.90 Å². The SMILES string of the molecule is O=C(c1ccno1)N1CC2CC=C(c3ccc(CCN4CCCC4)cc3)C2C1. The van der Waals surface area contributed by atoms with E-state index in [1.165, 1.54) is 55.4 Å². The van der Waals surface area contributed by atoms with Crippen LogP contribution in [0.5, 0.6) is 0 Å². The molecule has 1 aromatic carbocycles. The summed E-state index contributed by atoms with van der Waals surface area (Å²) in [5.74, 6) is 1.26. The highest BCUT2D eigenvalue weighted by atomic mass is 16.5. The van der Waals surface area contributed by atoms with Crippen LogP contribution in [0.1, 0.15) is 40.9 Å². The lowest BCUT2D eigenvalue weighted by atomic mass is 9.90. The van der Waals surface area contributed by atoms with Gasteiger partial charge in [0.05, 0.1) is 6.20 Å². The number of fused-ring (bicyclic) bond motifs is 1. The largest absolute Gasteiger partial charge is 0.351 e. The molecule has 3 heterocycles. The third-order valence-corrected chi connectivity index (χ3v) is 6.62. The predicted molar refractivity (Wildman–Crippen MR) is 108 cm³/mol. The van der Waals surface area contributed by atoms with Gasteiger partial charge in [-0.2, -0.15) is 0 Å². The van der Waals surface area contributed by atoms with Crippen molar-refractivity contribution in [1.29, 1.82) is 0 Å². The molecule has 2 atom stereocenters. The number of hydrogen-bond donors (Lipinski definition) is 0. The van der Waals surface area contributed by atoms with Crippen molar-refractivity contribution in [3.8, 4) is 0 Å². The topological polar surface area (TPSA) is 49.6 Å². The lowest BCUT2D eigenvalue weighted by molar-refractivity contribution is 0.0743. The molecule has 1 amide bonds. The maximum absolute atomic E-state index is 12.6. The van der Waals surface area contributed by atoms with Gasteiger partial charge in [0, 0.05) is 31.6 Å². The van der Waals surface area contributed by atoms with Crippen molar-refractivity contribution in [3.05, 3.63) is 59.5 Å². The van der Waals surface area contributed by atoms with E-state index in [0.29, 0.717) is 17.6 Å². The standard InChI is InChI=1S/C23H27N3O2/c27-23(22-9-11-24-28-22)26-15-19-7-8-20(21(19)16-26)18-5-3-17(4-6-18)10-14-25-12-1-2-13-25/h3-6,8-9,11,19,21H,1-2,7,10,12-16H2. The van der Waals surface area contributed by atoms with Gasteiger partial charge in [0.25, 0.3) is 5.91 Å². The Bertz CT molecular complexity index is 850. The van der Waals surface area contributed by atoms with E-state index in [9.17, 15) is 4.79 Å². The van der Waals surface area contributed by atoms with E-state index in [-0.39, 0.29) is 5.91 Å². The molecule has 1 aromatic heterocycles. The average Bonchev–Trinajstić information content (AvgIpc) is 3.51. The summed E-state index contributed by atoms with van der Waals surface area (Å²) in [6.45, 7) is 5.27. The number of nitrogens with zero attached hydrogens (tertiary/aromatic N) is 3. The third kappa shape index (κ3) is 3.39. The molecular weight excluding hydrogens is 350 g/mol.